The molecule has 0 saturated heterocycles. The second-order valence-electron chi connectivity index (χ2n) is 7.11. The SMILES string of the molecule is CC1CCC2CCCC2C1.CC1CCCCC1. The van der Waals surface area contributed by atoms with Crippen molar-refractivity contribution in [3.63, 3.8) is 0 Å². The van der Waals surface area contributed by atoms with Gasteiger partial charge >= 0.3 is 0 Å². The predicted molar refractivity (Wildman–Crippen MR) is 76.1 cm³/mol. The van der Waals surface area contributed by atoms with E-state index in [1.807, 2.05) is 0 Å². The van der Waals surface area contributed by atoms with Gasteiger partial charge in [0.15, 0.2) is 0 Å². The van der Waals surface area contributed by atoms with E-state index in [1.54, 1.807) is 25.7 Å². The third-order valence-corrected chi connectivity index (χ3v) is 5.45. The number of hydrogen-bond donors (Lipinski definition) is 0. The van der Waals surface area contributed by atoms with Crippen molar-refractivity contribution in [2.75, 3.05) is 0 Å². The van der Waals surface area contributed by atoms with Crippen molar-refractivity contribution < 1.29 is 0 Å². The molecule has 17 heavy (non-hydrogen) atoms. The molecule has 0 bridgehead atoms. The summed E-state index contributed by atoms with van der Waals surface area (Å²) in [7, 11) is 0. The molecule has 3 atom stereocenters. The highest BCUT2D eigenvalue weighted by Gasteiger charge is 2.31. The average molecular weight is 236 g/mol. The minimum Gasteiger partial charge on any atom is -0.0625 e. The maximum absolute atomic E-state index is 2.43. The molecule has 0 amide bonds. The first-order valence-electron chi connectivity index (χ1n) is 8.25. The lowest BCUT2D eigenvalue weighted by Crippen LogP contribution is -2.18. The van der Waals surface area contributed by atoms with Gasteiger partial charge in [0.2, 0.25) is 0 Å². The Morgan fingerprint density at radius 2 is 1.24 bits per heavy atom. The van der Waals surface area contributed by atoms with Crippen LogP contribution in [0.2, 0.25) is 0 Å². The van der Waals surface area contributed by atoms with Crippen molar-refractivity contribution in [2.24, 2.45) is 23.7 Å². The molecule has 0 heterocycles. The van der Waals surface area contributed by atoms with Gasteiger partial charge in [0.05, 0.1) is 0 Å². The molecule has 3 aliphatic carbocycles. The normalized spacial score (nSPS) is 38.1. The summed E-state index contributed by atoms with van der Waals surface area (Å²) >= 11 is 0. The number of fused-ring (bicyclic) bond motifs is 1. The Morgan fingerprint density at radius 1 is 0.529 bits per heavy atom. The van der Waals surface area contributed by atoms with E-state index in [9.17, 15) is 0 Å². The quantitative estimate of drug-likeness (QED) is 0.498. The molecule has 0 nitrogen and oxygen atoms in total. The molecule has 0 aromatic carbocycles. The van der Waals surface area contributed by atoms with Crippen LogP contribution in [-0.2, 0) is 0 Å². The molecule has 3 rings (SSSR count). The van der Waals surface area contributed by atoms with Crippen molar-refractivity contribution in [1.82, 2.24) is 0 Å². The third kappa shape index (κ3) is 4.30. The van der Waals surface area contributed by atoms with Gasteiger partial charge in [-0.2, -0.15) is 0 Å². The van der Waals surface area contributed by atoms with Crippen molar-refractivity contribution in [3.05, 3.63) is 0 Å². The molecule has 0 spiro atoms. The van der Waals surface area contributed by atoms with Crippen LogP contribution in [0.25, 0.3) is 0 Å². The summed E-state index contributed by atoms with van der Waals surface area (Å²) in [5, 5.41) is 0. The van der Waals surface area contributed by atoms with Crippen LogP contribution in [0, 0.1) is 23.7 Å². The second-order valence-corrected chi connectivity index (χ2v) is 7.11. The first kappa shape index (κ1) is 13.4. The van der Waals surface area contributed by atoms with E-state index in [0.29, 0.717) is 0 Å². The third-order valence-electron chi connectivity index (χ3n) is 5.45. The molecule has 0 aromatic rings. The molecule has 0 heteroatoms. The van der Waals surface area contributed by atoms with Gasteiger partial charge in [-0.15, -0.1) is 0 Å². The predicted octanol–water partition coefficient (Wildman–Crippen LogP) is 5.81. The Hall–Kier alpha value is 0. The fourth-order valence-corrected chi connectivity index (χ4v) is 4.24. The number of hydrogen-bond acceptors (Lipinski definition) is 0. The summed E-state index contributed by atoms with van der Waals surface area (Å²) < 4.78 is 0. The Morgan fingerprint density at radius 3 is 1.88 bits per heavy atom. The lowest BCUT2D eigenvalue weighted by atomic mass is 9.77. The summed E-state index contributed by atoms with van der Waals surface area (Å²) in [6, 6.07) is 0. The highest BCUT2D eigenvalue weighted by atomic mass is 14.4. The minimum absolute atomic E-state index is 1.04. The number of rotatable bonds is 0. The van der Waals surface area contributed by atoms with E-state index >= 15 is 0 Å². The smallest absolute Gasteiger partial charge is 0.0383 e. The van der Waals surface area contributed by atoms with Gasteiger partial charge in [-0.1, -0.05) is 71.6 Å². The summed E-state index contributed by atoms with van der Waals surface area (Å²) in [5.41, 5.74) is 0. The van der Waals surface area contributed by atoms with Gasteiger partial charge in [-0.25, -0.2) is 0 Å². The highest BCUT2D eigenvalue weighted by Crippen LogP contribution is 2.43. The van der Waals surface area contributed by atoms with Gasteiger partial charge in [-0.3, -0.25) is 0 Å². The van der Waals surface area contributed by atoms with Crippen molar-refractivity contribution in [1.29, 1.82) is 0 Å². The van der Waals surface area contributed by atoms with E-state index in [-0.39, 0.29) is 0 Å². The first-order chi connectivity index (χ1) is 8.25. The maximum atomic E-state index is 2.43. The van der Waals surface area contributed by atoms with Crippen molar-refractivity contribution in [3.8, 4) is 0 Å². The summed E-state index contributed by atoms with van der Waals surface area (Å²) in [6.07, 6.45) is 16.7. The summed E-state index contributed by atoms with van der Waals surface area (Å²) in [4.78, 5) is 0. The zero-order valence-electron chi connectivity index (χ0n) is 12.1. The molecule has 3 aliphatic rings. The molecule has 100 valence electrons. The lowest BCUT2D eigenvalue weighted by molar-refractivity contribution is 0.220. The molecule has 3 fully saturated rings. The van der Waals surface area contributed by atoms with Crippen LogP contribution in [0.3, 0.4) is 0 Å². The van der Waals surface area contributed by atoms with Crippen LogP contribution in [0.15, 0.2) is 0 Å². The van der Waals surface area contributed by atoms with E-state index in [1.165, 1.54) is 44.9 Å². The molecular weight excluding hydrogens is 204 g/mol. The fraction of sp³-hybridized carbons (Fsp3) is 1.00. The van der Waals surface area contributed by atoms with Crippen LogP contribution in [-0.4, -0.2) is 0 Å². The topological polar surface area (TPSA) is 0 Å². The molecule has 3 saturated carbocycles. The first-order valence-corrected chi connectivity index (χ1v) is 8.25. The largest absolute Gasteiger partial charge is 0.0625 e. The van der Waals surface area contributed by atoms with Gasteiger partial charge < -0.3 is 0 Å². The molecule has 0 N–H and O–H groups in total. The zero-order chi connectivity index (χ0) is 12.1. The highest BCUT2D eigenvalue weighted by molar-refractivity contribution is 4.83. The van der Waals surface area contributed by atoms with E-state index in [2.05, 4.69) is 13.8 Å². The van der Waals surface area contributed by atoms with Crippen LogP contribution < -0.4 is 0 Å². The van der Waals surface area contributed by atoms with Crippen LogP contribution in [0.4, 0.5) is 0 Å². The molecular formula is C17H32. The Kier molecular flexibility index (Phi) is 5.38. The molecule has 0 radical (unpaired) electrons. The Bertz CT molecular complexity index is 202. The minimum atomic E-state index is 1.04. The lowest BCUT2D eigenvalue weighted by Gasteiger charge is -2.29. The Balaban J connectivity index is 0.000000136. The molecule has 3 unspecified atom stereocenters. The fourth-order valence-electron chi connectivity index (χ4n) is 4.24. The van der Waals surface area contributed by atoms with E-state index < -0.39 is 0 Å². The van der Waals surface area contributed by atoms with Gasteiger partial charge in [0.25, 0.3) is 0 Å². The van der Waals surface area contributed by atoms with Crippen LogP contribution in [0.1, 0.15) is 84.5 Å². The maximum Gasteiger partial charge on any atom is -0.0383 e. The monoisotopic (exact) mass is 236 g/mol. The van der Waals surface area contributed by atoms with Crippen molar-refractivity contribution >= 4 is 0 Å². The average Bonchev–Trinajstić information content (AvgIpc) is 2.78. The Labute approximate surface area is 109 Å². The summed E-state index contributed by atoms with van der Waals surface area (Å²) in [5.74, 6) is 4.37. The van der Waals surface area contributed by atoms with Crippen LogP contribution >= 0.6 is 0 Å². The molecule has 0 aromatic heterocycles. The van der Waals surface area contributed by atoms with Crippen LogP contribution in [0.5, 0.6) is 0 Å². The standard InChI is InChI=1S/C10H18.C7H14/c1-8-5-6-9-3-2-4-10(9)7-8;1-7-5-3-2-4-6-7/h8-10H,2-7H2,1H3;7H,2-6H2,1H3. The van der Waals surface area contributed by atoms with Gasteiger partial charge in [0, 0.05) is 0 Å². The molecule has 0 aliphatic heterocycles. The second kappa shape index (κ2) is 6.81. The summed E-state index contributed by atoms with van der Waals surface area (Å²) in [6.45, 7) is 4.79. The van der Waals surface area contributed by atoms with E-state index in [0.717, 1.165) is 23.7 Å². The van der Waals surface area contributed by atoms with Crippen molar-refractivity contribution in [2.45, 2.75) is 84.5 Å². The zero-order valence-corrected chi connectivity index (χ0v) is 12.1. The van der Waals surface area contributed by atoms with Gasteiger partial charge in [-0.05, 0) is 36.5 Å². The van der Waals surface area contributed by atoms with Gasteiger partial charge in [0.1, 0.15) is 0 Å². The van der Waals surface area contributed by atoms with E-state index in [4.69, 9.17) is 0 Å².